The molecule has 0 aliphatic heterocycles. The number of nitrogens with one attached hydrogen (secondary N) is 1. The summed E-state index contributed by atoms with van der Waals surface area (Å²) < 4.78 is 1.88. The molecule has 0 saturated heterocycles. The minimum atomic E-state index is -0.0154. The number of carbonyl (C=O) groups is 1. The van der Waals surface area contributed by atoms with Crippen LogP contribution in [0.15, 0.2) is 34.2 Å². The van der Waals surface area contributed by atoms with E-state index in [0.29, 0.717) is 27.9 Å². The zero-order chi connectivity index (χ0) is 20.3. The second-order valence-electron chi connectivity index (χ2n) is 8.09. The van der Waals surface area contributed by atoms with Crippen molar-refractivity contribution in [3.05, 3.63) is 34.6 Å². The third-order valence-electron chi connectivity index (χ3n) is 6.12. The molecule has 1 aliphatic rings. The Hall–Kier alpha value is -1.82. The number of hydrogen-bond acceptors (Lipinski definition) is 4. The van der Waals surface area contributed by atoms with E-state index in [4.69, 9.17) is 4.98 Å². The fraction of sp³-hybridized carbons (Fsp3) is 0.591. The van der Waals surface area contributed by atoms with Crippen molar-refractivity contribution in [2.24, 2.45) is 11.8 Å². The van der Waals surface area contributed by atoms with Crippen LogP contribution in [-0.2, 0) is 4.79 Å². The second-order valence-corrected chi connectivity index (χ2v) is 9.03. The van der Waals surface area contributed by atoms with Crippen molar-refractivity contribution >= 4 is 28.6 Å². The van der Waals surface area contributed by atoms with Gasteiger partial charge >= 0.3 is 0 Å². The molecule has 1 aromatic carbocycles. The molecule has 0 spiro atoms. The Labute approximate surface area is 171 Å². The molecular weight excluding hydrogens is 370 g/mol. The van der Waals surface area contributed by atoms with Crippen molar-refractivity contribution in [2.45, 2.75) is 70.6 Å². The highest BCUT2D eigenvalue weighted by Gasteiger charge is 2.31. The third kappa shape index (κ3) is 4.43. The lowest BCUT2D eigenvalue weighted by atomic mass is 9.78. The van der Waals surface area contributed by atoms with Crippen molar-refractivity contribution < 1.29 is 4.79 Å². The fourth-order valence-electron chi connectivity index (χ4n) is 3.99. The SMILES string of the molecule is CC[C@H](C)NC(=O)CSc1nc2ccccc2c(=O)n1[C@H]1CCC[C@H](C)[C@@H]1C. The van der Waals surface area contributed by atoms with Crippen LogP contribution in [0.1, 0.15) is 59.4 Å². The van der Waals surface area contributed by atoms with Gasteiger partial charge in [0.15, 0.2) is 5.16 Å². The van der Waals surface area contributed by atoms with Crippen LogP contribution >= 0.6 is 11.8 Å². The average Bonchev–Trinajstić information content (AvgIpc) is 2.69. The molecule has 1 saturated carbocycles. The number of para-hydroxylation sites is 1. The van der Waals surface area contributed by atoms with Crippen molar-refractivity contribution in [1.29, 1.82) is 0 Å². The predicted molar refractivity (Wildman–Crippen MR) is 116 cm³/mol. The van der Waals surface area contributed by atoms with Gasteiger partial charge in [-0.05, 0) is 43.7 Å². The number of rotatable bonds is 6. The topological polar surface area (TPSA) is 64.0 Å². The van der Waals surface area contributed by atoms with Crippen molar-refractivity contribution in [3.63, 3.8) is 0 Å². The number of thioether (sulfide) groups is 1. The maximum atomic E-state index is 13.4. The Kier molecular flexibility index (Phi) is 6.81. The normalized spacial score (nSPS) is 23.5. The summed E-state index contributed by atoms with van der Waals surface area (Å²) in [6.45, 7) is 8.55. The van der Waals surface area contributed by atoms with E-state index in [2.05, 4.69) is 19.2 Å². The quantitative estimate of drug-likeness (QED) is 0.576. The molecule has 6 heteroatoms. The first-order valence-electron chi connectivity index (χ1n) is 10.4. The molecule has 28 heavy (non-hydrogen) atoms. The van der Waals surface area contributed by atoms with Crippen molar-refractivity contribution in [2.75, 3.05) is 5.75 Å². The summed E-state index contributed by atoms with van der Waals surface area (Å²) in [5.74, 6) is 1.23. The van der Waals surface area contributed by atoms with Gasteiger partial charge in [0, 0.05) is 12.1 Å². The first kappa shape index (κ1) is 20.9. The first-order chi connectivity index (χ1) is 13.4. The molecule has 4 atom stereocenters. The van der Waals surface area contributed by atoms with E-state index < -0.39 is 0 Å². The average molecular weight is 402 g/mol. The van der Waals surface area contributed by atoms with Crippen molar-refractivity contribution in [3.8, 4) is 0 Å². The summed E-state index contributed by atoms with van der Waals surface area (Å²) in [5.41, 5.74) is 0.714. The molecule has 1 heterocycles. The molecule has 1 fully saturated rings. The highest BCUT2D eigenvalue weighted by Crippen LogP contribution is 2.38. The molecule has 1 amide bonds. The largest absolute Gasteiger partial charge is 0.353 e. The van der Waals surface area contributed by atoms with Crippen LogP contribution in [0.5, 0.6) is 0 Å². The third-order valence-corrected chi connectivity index (χ3v) is 7.08. The molecule has 0 radical (unpaired) electrons. The van der Waals surface area contributed by atoms with E-state index in [0.717, 1.165) is 19.3 Å². The predicted octanol–water partition coefficient (Wildman–Crippen LogP) is 4.40. The van der Waals surface area contributed by atoms with Crippen LogP contribution in [-0.4, -0.2) is 27.3 Å². The molecule has 0 bridgehead atoms. The second kappa shape index (κ2) is 9.12. The van der Waals surface area contributed by atoms with E-state index >= 15 is 0 Å². The molecule has 1 aliphatic carbocycles. The minimum absolute atomic E-state index is 0.0152. The van der Waals surface area contributed by atoms with Crippen LogP contribution in [0.4, 0.5) is 0 Å². The van der Waals surface area contributed by atoms with E-state index in [1.165, 1.54) is 18.2 Å². The molecule has 2 aromatic rings. The lowest BCUT2D eigenvalue weighted by Crippen LogP contribution is -2.36. The number of carbonyl (C=O) groups excluding carboxylic acids is 1. The van der Waals surface area contributed by atoms with Gasteiger partial charge in [0.05, 0.1) is 16.7 Å². The standard InChI is InChI=1S/C22H31N3O2S/c1-5-15(3)23-20(26)13-28-22-24-18-11-7-6-10-17(18)21(27)25(22)19-12-8-9-14(2)16(19)4/h6-7,10-11,14-16,19H,5,8-9,12-13H2,1-4H3,(H,23,26)/t14-,15-,16-,19-/m0/s1. The fourth-order valence-corrected chi connectivity index (χ4v) is 4.85. The zero-order valence-electron chi connectivity index (χ0n) is 17.3. The molecule has 1 N–H and O–H groups in total. The van der Waals surface area contributed by atoms with Crippen LogP contribution in [0.3, 0.4) is 0 Å². The number of nitrogens with zero attached hydrogens (tertiary/aromatic N) is 2. The number of aromatic nitrogens is 2. The van der Waals surface area contributed by atoms with Crippen molar-refractivity contribution in [1.82, 2.24) is 14.9 Å². The zero-order valence-corrected chi connectivity index (χ0v) is 18.1. The van der Waals surface area contributed by atoms with Gasteiger partial charge in [-0.1, -0.05) is 57.5 Å². The summed E-state index contributed by atoms with van der Waals surface area (Å²) in [4.78, 5) is 30.5. The summed E-state index contributed by atoms with van der Waals surface area (Å²) in [7, 11) is 0. The molecule has 5 nitrogen and oxygen atoms in total. The lowest BCUT2D eigenvalue weighted by molar-refractivity contribution is -0.119. The van der Waals surface area contributed by atoms with Gasteiger partial charge in [-0.3, -0.25) is 14.2 Å². The highest BCUT2D eigenvalue weighted by molar-refractivity contribution is 7.99. The van der Waals surface area contributed by atoms with Gasteiger partial charge in [-0.15, -0.1) is 0 Å². The summed E-state index contributed by atoms with van der Waals surface area (Å²) in [5, 5.41) is 4.31. The molecular formula is C22H31N3O2S. The summed E-state index contributed by atoms with van der Waals surface area (Å²) >= 11 is 1.37. The monoisotopic (exact) mass is 401 g/mol. The Balaban J connectivity index is 1.97. The number of amides is 1. The smallest absolute Gasteiger partial charge is 0.262 e. The van der Waals surface area contributed by atoms with Gasteiger partial charge in [-0.25, -0.2) is 4.98 Å². The van der Waals surface area contributed by atoms with Gasteiger partial charge in [0.25, 0.3) is 5.56 Å². The maximum absolute atomic E-state index is 13.4. The van der Waals surface area contributed by atoms with Gasteiger partial charge < -0.3 is 5.32 Å². The lowest BCUT2D eigenvalue weighted by Gasteiger charge is -2.36. The van der Waals surface area contributed by atoms with Gasteiger partial charge in [0.2, 0.25) is 5.91 Å². The van der Waals surface area contributed by atoms with Crippen LogP contribution in [0, 0.1) is 11.8 Å². The molecule has 1 aromatic heterocycles. The Bertz CT molecular complexity index is 895. The molecule has 3 rings (SSSR count). The van der Waals surface area contributed by atoms with E-state index in [-0.39, 0.29) is 29.3 Å². The molecule has 152 valence electrons. The Morgan fingerprint density at radius 3 is 2.82 bits per heavy atom. The van der Waals surface area contributed by atoms with Gasteiger partial charge in [0.1, 0.15) is 0 Å². The number of hydrogen-bond donors (Lipinski definition) is 1. The van der Waals surface area contributed by atoms with E-state index in [1.807, 2.05) is 42.7 Å². The Morgan fingerprint density at radius 2 is 2.07 bits per heavy atom. The van der Waals surface area contributed by atoms with E-state index in [1.54, 1.807) is 0 Å². The highest BCUT2D eigenvalue weighted by atomic mass is 32.2. The minimum Gasteiger partial charge on any atom is -0.353 e. The van der Waals surface area contributed by atoms with Crippen LogP contribution < -0.4 is 10.9 Å². The molecule has 0 unspecified atom stereocenters. The number of fused-ring (bicyclic) bond motifs is 1. The van der Waals surface area contributed by atoms with Gasteiger partial charge in [-0.2, -0.15) is 0 Å². The van der Waals surface area contributed by atoms with Crippen LogP contribution in [0.25, 0.3) is 10.9 Å². The summed E-state index contributed by atoms with van der Waals surface area (Å²) in [6.07, 6.45) is 4.20. The van der Waals surface area contributed by atoms with Crippen LogP contribution in [0.2, 0.25) is 0 Å². The maximum Gasteiger partial charge on any atom is 0.262 e. The first-order valence-corrected chi connectivity index (χ1v) is 11.3. The summed E-state index contributed by atoms with van der Waals surface area (Å²) in [6, 6.07) is 7.79. The number of benzene rings is 1. The Morgan fingerprint density at radius 1 is 1.32 bits per heavy atom. The van der Waals surface area contributed by atoms with E-state index in [9.17, 15) is 9.59 Å².